The maximum Gasteiger partial charge on any atom is 0.346 e. The number of ether oxygens (including phenoxy) is 3. The molecule has 6 nitrogen and oxygen atoms in total. The molecule has 2 aromatic carbocycles. The van der Waals surface area contributed by atoms with Crippen molar-refractivity contribution in [2.45, 2.75) is 26.4 Å². The van der Waals surface area contributed by atoms with Crippen molar-refractivity contribution in [1.82, 2.24) is 0 Å². The van der Waals surface area contributed by atoms with Gasteiger partial charge in [0.25, 0.3) is 0 Å². The summed E-state index contributed by atoms with van der Waals surface area (Å²) >= 11 is 0. The third-order valence-electron chi connectivity index (χ3n) is 4.12. The molecule has 6 heteroatoms. The molecule has 1 atom stereocenters. The molecule has 1 aromatic heterocycles. The average molecular weight is 368 g/mol. The second kappa shape index (κ2) is 7.95. The minimum atomic E-state index is -0.770. The van der Waals surface area contributed by atoms with Gasteiger partial charge in [0, 0.05) is 6.07 Å². The van der Waals surface area contributed by atoms with Crippen LogP contribution in [-0.2, 0) is 16.0 Å². The molecule has 0 unspecified atom stereocenters. The predicted octanol–water partition coefficient (Wildman–Crippen LogP) is 4.09. The van der Waals surface area contributed by atoms with Gasteiger partial charge in [0.15, 0.2) is 6.10 Å². The van der Waals surface area contributed by atoms with Gasteiger partial charge in [-0.1, -0.05) is 19.1 Å². The quantitative estimate of drug-likeness (QED) is 0.610. The number of hydrogen-bond acceptors (Lipinski definition) is 6. The van der Waals surface area contributed by atoms with E-state index in [2.05, 4.69) is 11.7 Å². The summed E-state index contributed by atoms with van der Waals surface area (Å²) in [4.78, 5) is 24.1. The maximum absolute atomic E-state index is 12.6. The highest BCUT2D eigenvalue weighted by atomic mass is 16.6. The first-order valence-electron chi connectivity index (χ1n) is 8.58. The molecule has 0 saturated heterocycles. The second-order valence-electron chi connectivity index (χ2n) is 5.97. The fourth-order valence-electron chi connectivity index (χ4n) is 2.57. The van der Waals surface area contributed by atoms with E-state index in [4.69, 9.17) is 13.9 Å². The van der Waals surface area contributed by atoms with Crippen LogP contribution in [0, 0.1) is 0 Å². The molecule has 0 fully saturated rings. The standard InChI is InChI=1S/C21H20O6/c1-4-14-5-7-15(8-6-14)27-19-12-25-18-11-16(9-10-17(18)20(19)22)26-13(2)21(23)24-3/h5-13H,4H2,1-3H3/t13-/m1/s1. The zero-order chi connectivity index (χ0) is 19.4. The van der Waals surface area contributed by atoms with Gasteiger partial charge >= 0.3 is 5.97 Å². The van der Waals surface area contributed by atoms with E-state index in [0.717, 1.165) is 6.42 Å². The molecule has 0 saturated carbocycles. The van der Waals surface area contributed by atoms with Crippen molar-refractivity contribution in [2.75, 3.05) is 7.11 Å². The van der Waals surface area contributed by atoms with Crippen molar-refractivity contribution >= 4 is 16.9 Å². The molecule has 1 heterocycles. The van der Waals surface area contributed by atoms with Gasteiger partial charge in [-0.15, -0.1) is 0 Å². The van der Waals surface area contributed by atoms with Gasteiger partial charge in [0.05, 0.1) is 12.5 Å². The molecule has 0 radical (unpaired) electrons. The highest BCUT2D eigenvalue weighted by Gasteiger charge is 2.16. The minimum absolute atomic E-state index is 0.100. The van der Waals surface area contributed by atoms with Crippen LogP contribution in [0.3, 0.4) is 0 Å². The smallest absolute Gasteiger partial charge is 0.346 e. The Morgan fingerprint density at radius 2 is 1.81 bits per heavy atom. The molecule has 0 N–H and O–H groups in total. The summed E-state index contributed by atoms with van der Waals surface area (Å²) in [5.41, 5.74) is 1.23. The molecule has 0 aliphatic rings. The van der Waals surface area contributed by atoms with E-state index in [-0.39, 0.29) is 11.2 Å². The number of hydrogen-bond donors (Lipinski definition) is 0. The first-order chi connectivity index (χ1) is 13.0. The van der Waals surface area contributed by atoms with E-state index >= 15 is 0 Å². The van der Waals surface area contributed by atoms with Crippen molar-refractivity contribution < 1.29 is 23.4 Å². The monoisotopic (exact) mass is 368 g/mol. The molecule has 0 amide bonds. The highest BCUT2D eigenvalue weighted by Crippen LogP contribution is 2.25. The molecule has 3 rings (SSSR count). The third kappa shape index (κ3) is 4.11. The summed E-state index contributed by atoms with van der Waals surface area (Å²) in [6, 6.07) is 12.2. The molecule has 27 heavy (non-hydrogen) atoms. The van der Waals surface area contributed by atoms with Crippen LogP contribution in [0.5, 0.6) is 17.2 Å². The van der Waals surface area contributed by atoms with Crippen LogP contribution in [0.1, 0.15) is 19.4 Å². The van der Waals surface area contributed by atoms with Crippen LogP contribution in [0.15, 0.2) is 57.9 Å². The first kappa shape index (κ1) is 18.5. The summed E-state index contributed by atoms with van der Waals surface area (Å²) < 4.78 is 21.3. The van der Waals surface area contributed by atoms with Crippen molar-refractivity contribution in [2.24, 2.45) is 0 Å². The zero-order valence-electron chi connectivity index (χ0n) is 15.4. The van der Waals surface area contributed by atoms with E-state index < -0.39 is 12.1 Å². The normalized spacial score (nSPS) is 11.8. The number of methoxy groups -OCH3 is 1. The summed E-state index contributed by atoms with van der Waals surface area (Å²) in [5, 5.41) is 0.357. The lowest BCUT2D eigenvalue weighted by Gasteiger charge is -2.12. The van der Waals surface area contributed by atoms with Crippen molar-refractivity contribution in [3.8, 4) is 17.2 Å². The fourth-order valence-corrected chi connectivity index (χ4v) is 2.57. The number of carbonyl (C=O) groups is 1. The summed E-state index contributed by atoms with van der Waals surface area (Å²) in [6.45, 7) is 3.64. The largest absolute Gasteiger partial charge is 0.479 e. The second-order valence-corrected chi connectivity index (χ2v) is 5.97. The lowest BCUT2D eigenvalue weighted by Crippen LogP contribution is -2.24. The Balaban J connectivity index is 1.85. The molecule has 3 aromatic rings. The van der Waals surface area contributed by atoms with E-state index in [1.807, 2.05) is 24.3 Å². The van der Waals surface area contributed by atoms with Gasteiger partial charge in [-0.05, 0) is 43.2 Å². The molecule has 0 bridgehead atoms. The molecule has 0 aliphatic heterocycles. The van der Waals surface area contributed by atoms with Crippen molar-refractivity contribution in [3.63, 3.8) is 0 Å². The number of aryl methyl sites for hydroxylation is 1. The number of fused-ring (bicyclic) bond motifs is 1. The summed E-state index contributed by atoms with van der Waals surface area (Å²) in [6.07, 6.45) is 1.43. The Morgan fingerprint density at radius 1 is 1.11 bits per heavy atom. The van der Waals surface area contributed by atoms with Crippen LogP contribution in [0.4, 0.5) is 0 Å². The summed E-state index contributed by atoms with van der Waals surface area (Å²) in [5.74, 6) is 0.566. The lowest BCUT2D eigenvalue weighted by molar-refractivity contribution is -0.147. The molecule has 0 spiro atoms. The van der Waals surface area contributed by atoms with Crippen LogP contribution >= 0.6 is 0 Å². The molecular formula is C21H20O6. The highest BCUT2D eigenvalue weighted by molar-refractivity contribution is 5.79. The van der Waals surface area contributed by atoms with Crippen molar-refractivity contribution in [3.05, 3.63) is 64.5 Å². The summed E-state index contributed by atoms with van der Waals surface area (Å²) in [7, 11) is 1.29. The van der Waals surface area contributed by atoms with Crippen LogP contribution in [0.25, 0.3) is 11.0 Å². The first-order valence-corrected chi connectivity index (χ1v) is 8.58. The Hall–Kier alpha value is -3.28. The van der Waals surface area contributed by atoms with Gasteiger partial charge in [0.1, 0.15) is 23.3 Å². The minimum Gasteiger partial charge on any atom is -0.479 e. The number of carbonyl (C=O) groups excluding carboxylic acids is 1. The Labute approximate surface area is 156 Å². The van der Waals surface area contributed by atoms with E-state index in [0.29, 0.717) is 22.5 Å². The Bertz CT molecular complexity index is 1000. The van der Waals surface area contributed by atoms with Crippen LogP contribution in [-0.4, -0.2) is 19.2 Å². The van der Waals surface area contributed by atoms with Gasteiger partial charge in [-0.25, -0.2) is 4.79 Å². The zero-order valence-corrected chi connectivity index (χ0v) is 15.4. The van der Waals surface area contributed by atoms with E-state index in [9.17, 15) is 9.59 Å². The van der Waals surface area contributed by atoms with Crippen LogP contribution < -0.4 is 14.9 Å². The van der Waals surface area contributed by atoms with Gasteiger partial charge in [0.2, 0.25) is 11.2 Å². The van der Waals surface area contributed by atoms with Gasteiger partial charge in [-0.2, -0.15) is 0 Å². The Kier molecular flexibility index (Phi) is 5.45. The Morgan fingerprint density at radius 3 is 2.48 bits per heavy atom. The van der Waals surface area contributed by atoms with E-state index in [1.54, 1.807) is 25.1 Å². The molecule has 140 valence electrons. The maximum atomic E-state index is 12.6. The topological polar surface area (TPSA) is 75.0 Å². The average Bonchev–Trinajstić information content (AvgIpc) is 2.70. The van der Waals surface area contributed by atoms with Crippen molar-refractivity contribution in [1.29, 1.82) is 0 Å². The fraction of sp³-hybridized carbons (Fsp3) is 0.238. The van der Waals surface area contributed by atoms with Crippen LogP contribution in [0.2, 0.25) is 0 Å². The van der Waals surface area contributed by atoms with Gasteiger partial charge in [-0.3, -0.25) is 4.79 Å². The number of rotatable bonds is 6. The molecule has 0 aliphatic carbocycles. The lowest BCUT2D eigenvalue weighted by atomic mass is 10.2. The third-order valence-corrected chi connectivity index (χ3v) is 4.12. The van der Waals surface area contributed by atoms with E-state index in [1.165, 1.54) is 18.9 Å². The SMILES string of the molecule is CCc1ccc(Oc2coc3cc(O[C@H](C)C(=O)OC)ccc3c2=O)cc1. The predicted molar refractivity (Wildman–Crippen MR) is 100 cm³/mol. The van der Waals surface area contributed by atoms with Gasteiger partial charge < -0.3 is 18.6 Å². The number of benzene rings is 2. The number of esters is 1. The molecular weight excluding hydrogens is 348 g/mol.